The summed E-state index contributed by atoms with van der Waals surface area (Å²) in [5.74, 6) is -0.252. The summed E-state index contributed by atoms with van der Waals surface area (Å²) in [6.07, 6.45) is 4.96. The molecule has 0 bridgehead atoms. The summed E-state index contributed by atoms with van der Waals surface area (Å²) in [6, 6.07) is 12.7. The van der Waals surface area contributed by atoms with E-state index in [-0.39, 0.29) is 11.6 Å². The number of hydrogen-bond acceptors (Lipinski definition) is 3. The van der Waals surface area contributed by atoms with Gasteiger partial charge in [0.1, 0.15) is 0 Å². The molecule has 0 saturated heterocycles. The maximum Gasteiger partial charge on any atom is 0.323 e. The number of H-pyrrole nitrogens is 2. The predicted octanol–water partition coefficient (Wildman–Crippen LogP) is 4.22. The monoisotopic (exact) mass is 421 g/mol. The lowest BCUT2D eigenvalue weighted by molar-refractivity contribution is 0.102. The van der Waals surface area contributed by atoms with Gasteiger partial charge in [-0.3, -0.25) is 4.79 Å². The lowest BCUT2D eigenvalue weighted by Gasteiger charge is -2.07. The van der Waals surface area contributed by atoms with Crippen LogP contribution in [-0.2, 0) is 12.8 Å². The van der Waals surface area contributed by atoms with E-state index in [2.05, 4.69) is 15.3 Å². The van der Waals surface area contributed by atoms with Crippen molar-refractivity contribution >= 4 is 34.2 Å². The van der Waals surface area contributed by atoms with Crippen molar-refractivity contribution in [1.29, 1.82) is 0 Å². The number of imidazole rings is 1. The number of rotatable bonds is 3. The maximum absolute atomic E-state index is 13.2. The summed E-state index contributed by atoms with van der Waals surface area (Å²) in [6.45, 7) is 0. The van der Waals surface area contributed by atoms with Crippen molar-refractivity contribution in [3.05, 3.63) is 74.9 Å². The first-order chi connectivity index (χ1) is 14.6. The molecule has 2 aromatic heterocycles. The Bertz CT molecular complexity index is 1300. The third kappa shape index (κ3) is 3.41. The summed E-state index contributed by atoms with van der Waals surface area (Å²) >= 11 is 6.04. The van der Waals surface area contributed by atoms with E-state index in [9.17, 15) is 9.59 Å². The smallest absolute Gasteiger partial charge is 0.321 e. The molecule has 0 atom stereocenters. The van der Waals surface area contributed by atoms with Gasteiger partial charge in [0.05, 0.1) is 16.7 Å². The Kier molecular flexibility index (Phi) is 4.67. The van der Waals surface area contributed by atoms with Gasteiger partial charge in [0.2, 0.25) is 0 Å². The van der Waals surface area contributed by atoms with Gasteiger partial charge in [0.25, 0.3) is 5.91 Å². The largest absolute Gasteiger partial charge is 0.323 e. The number of nitrogens with one attached hydrogen (secondary N) is 3. The molecule has 5 rings (SSSR count). The second-order valence-corrected chi connectivity index (χ2v) is 7.95. The van der Waals surface area contributed by atoms with Crippen LogP contribution in [0.25, 0.3) is 16.7 Å². The van der Waals surface area contributed by atoms with Gasteiger partial charge >= 0.3 is 5.69 Å². The highest BCUT2D eigenvalue weighted by atomic mass is 35.5. The van der Waals surface area contributed by atoms with E-state index < -0.39 is 0 Å². The van der Waals surface area contributed by atoms with Gasteiger partial charge in [-0.15, -0.1) is 0 Å². The molecule has 152 valence electrons. The van der Waals surface area contributed by atoms with Gasteiger partial charge in [0.15, 0.2) is 5.69 Å². The quantitative estimate of drug-likeness (QED) is 0.432. The molecule has 30 heavy (non-hydrogen) atoms. The normalized spacial score (nSPS) is 13.8. The number of benzene rings is 2. The van der Waals surface area contributed by atoms with E-state index in [1.807, 2.05) is 28.9 Å². The van der Waals surface area contributed by atoms with Crippen molar-refractivity contribution in [3.63, 3.8) is 0 Å². The fourth-order valence-electron chi connectivity index (χ4n) is 4.05. The summed E-state index contributed by atoms with van der Waals surface area (Å²) in [4.78, 5) is 30.0. The van der Waals surface area contributed by atoms with Gasteiger partial charge in [-0.1, -0.05) is 18.0 Å². The molecule has 3 N–H and O–H groups in total. The van der Waals surface area contributed by atoms with Crippen LogP contribution in [0.1, 0.15) is 41.0 Å². The second-order valence-electron chi connectivity index (χ2n) is 7.52. The molecule has 0 radical (unpaired) electrons. The average Bonchev–Trinajstić information content (AvgIpc) is 3.18. The minimum absolute atomic E-state index is 0.252. The molecule has 0 unspecified atom stereocenters. The first-order valence-electron chi connectivity index (χ1n) is 9.98. The number of amides is 1. The van der Waals surface area contributed by atoms with Crippen molar-refractivity contribution in [2.75, 3.05) is 5.32 Å². The Morgan fingerprint density at radius 3 is 2.60 bits per heavy atom. The average molecular weight is 422 g/mol. The van der Waals surface area contributed by atoms with Gasteiger partial charge in [-0.05, 0) is 68.1 Å². The Labute approximate surface area is 177 Å². The molecule has 4 aromatic rings. The molecule has 1 aliphatic carbocycles. The molecule has 0 aliphatic heterocycles. The zero-order valence-corrected chi connectivity index (χ0v) is 16.9. The number of hydrogen-bond donors (Lipinski definition) is 3. The molecule has 7 nitrogen and oxygen atoms in total. The van der Waals surface area contributed by atoms with Crippen LogP contribution in [0.3, 0.4) is 0 Å². The lowest BCUT2D eigenvalue weighted by atomic mass is 10.1. The molecule has 2 aromatic carbocycles. The number of nitrogens with zero attached hydrogens (tertiary/aromatic N) is 2. The van der Waals surface area contributed by atoms with Crippen LogP contribution in [0.5, 0.6) is 0 Å². The van der Waals surface area contributed by atoms with Crippen LogP contribution in [-0.4, -0.2) is 25.7 Å². The summed E-state index contributed by atoms with van der Waals surface area (Å²) in [7, 11) is 0. The van der Waals surface area contributed by atoms with E-state index in [1.54, 1.807) is 18.2 Å². The Morgan fingerprint density at radius 2 is 1.77 bits per heavy atom. The van der Waals surface area contributed by atoms with Crippen molar-refractivity contribution < 1.29 is 4.79 Å². The summed E-state index contributed by atoms with van der Waals surface area (Å²) < 4.78 is 1.87. The van der Waals surface area contributed by atoms with E-state index >= 15 is 0 Å². The first-order valence-corrected chi connectivity index (χ1v) is 10.4. The topological polar surface area (TPSA) is 95.6 Å². The minimum Gasteiger partial charge on any atom is -0.321 e. The Morgan fingerprint density at radius 1 is 1.00 bits per heavy atom. The van der Waals surface area contributed by atoms with Gasteiger partial charge in [0, 0.05) is 22.0 Å². The molecule has 2 heterocycles. The third-order valence-corrected chi connectivity index (χ3v) is 5.74. The molecule has 1 amide bonds. The summed E-state index contributed by atoms with van der Waals surface area (Å²) in [5.41, 5.74) is 5.10. The van der Waals surface area contributed by atoms with E-state index in [1.165, 1.54) is 0 Å². The van der Waals surface area contributed by atoms with E-state index in [0.29, 0.717) is 27.4 Å². The van der Waals surface area contributed by atoms with Crippen LogP contribution < -0.4 is 11.0 Å². The maximum atomic E-state index is 13.2. The van der Waals surface area contributed by atoms with Gasteiger partial charge in [-0.25, -0.2) is 9.48 Å². The minimum atomic E-state index is -0.277. The number of fused-ring (bicyclic) bond motifs is 2. The van der Waals surface area contributed by atoms with E-state index in [4.69, 9.17) is 16.7 Å². The SMILES string of the molecule is O=C(Nc1ccc2[nH]c(=O)[nH]c2c1)c1nn(-c2ccc(Cl)cc2)c2c1CCCCC2. The van der Waals surface area contributed by atoms with Gasteiger partial charge < -0.3 is 15.3 Å². The summed E-state index contributed by atoms with van der Waals surface area (Å²) in [5, 5.41) is 8.29. The molecular formula is C22H20ClN5O2. The number of aromatic nitrogens is 4. The third-order valence-electron chi connectivity index (χ3n) is 5.49. The van der Waals surface area contributed by atoms with Crippen molar-refractivity contribution in [1.82, 2.24) is 19.7 Å². The highest BCUT2D eigenvalue weighted by Gasteiger charge is 2.25. The molecule has 0 fully saturated rings. The number of aromatic amines is 2. The molecule has 0 spiro atoms. The molecular weight excluding hydrogens is 402 g/mol. The van der Waals surface area contributed by atoms with Crippen LogP contribution in [0.15, 0.2) is 47.3 Å². The first kappa shape index (κ1) is 18.7. The van der Waals surface area contributed by atoms with Crippen molar-refractivity contribution in [2.24, 2.45) is 0 Å². The van der Waals surface area contributed by atoms with Crippen LogP contribution in [0.2, 0.25) is 5.02 Å². The lowest BCUT2D eigenvalue weighted by Crippen LogP contribution is -2.15. The Hall–Kier alpha value is -3.32. The van der Waals surface area contributed by atoms with Crippen LogP contribution in [0, 0.1) is 0 Å². The van der Waals surface area contributed by atoms with E-state index in [0.717, 1.165) is 49.0 Å². The molecule has 8 heteroatoms. The Balaban J connectivity index is 1.52. The number of halogens is 1. The van der Waals surface area contributed by atoms with Crippen LogP contribution >= 0.6 is 11.6 Å². The molecule has 1 aliphatic rings. The van der Waals surface area contributed by atoms with Crippen molar-refractivity contribution in [3.8, 4) is 5.69 Å². The fraction of sp³-hybridized carbons (Fsp3) is 0.227. The standard InChI is InChI=1S/C22H20ClN5O2/c23-13-6-9-15(10-7-13)28-19-5-3-1-2-4-16(19)20(27-28)21(29)24-14-8-11-17-18(12-14)26-22(30)25-17/h6-12H,1-5H2,(H,24,29)(H2,25,26,30). The number of carbonyl (C=O) groups is 1. The fourth-order valence-corrected chi connectivity index (χ4v) is 4.18. The predicted molar refractivity (Wildman–Crippen MR) is 117 cm³/mol. The zero-order chi connectivity index (χ0) is 20.7. The second kappa shape index (κ2) is 7.50. The van der Waals surface area contributed by atoms with Crippen LogP contribution in [0.4, 0.5) is 5.69 Å². The van der Waals surface area contributed by atoms with Crippen molar-refractivity contribution in [2.45, 2.75) is 32.1 Å². The molecule has 0 saturated carbocycles. The number of carbonyl (C=O) groups excluding carboxylic acids is 1. The van der Waals surface area contributed by atoms with Gasteiger partial charge in [-0.2, -0.15) is 5.10 Å². The number of anilines is 1. The highest BCUT2D eigenvalue weighted by Crippen LogP contribution is 2.27. The zero-order valence-electron chi connectivity index (χ0n) is 16.2. The highest BCUT2D eigenvalue weighted by molar-refractivity contribution is 6.30.